The van der Waals surface area contributed by atoms with Crippen molar-refractivity contribution < 1.29 is 35.8 Å². The summed E-state index contributed by atoms with van der Waals surface area (Å²) < 4.78 is 78.5. The average Bonchev–Trinajstić information content (AvgIpc) is 3.00. The van der Waals surface area contributed by atoms with E-state index in [4.69, 9.17) is 17.0 Å². The fraction of sp³-hybridized carbons (Fsp3) is 0.250. The van der Waals surface area contributed by atoms with Crippen molar-refractivity contribution in [1.82, 2.24) is 15.0 Å². The number of hydrogen-bond donors (Lipinski definition) is 3. The molecule has 27 heavy (non-hydrogen) atoms. The number of rotatable bonds is 6. The number of anilines is 1. The van der Waals surface area contributed by atoms with E-state index in [9.17, 15) is 31.2 Å². The van der Waals surface area contributed by atoms with Gasteiger partial charge in [-0.1, -0.05) is 16.8 Å². The van der Waals surface area contributed by atoms with Crippen LogP contribution in [0.4, 0.5) is 23.2 Å². The third-order valence-corrected chi connectivity index (χ3v) is 4.53. The molecular formula is C12H10ClF4N5O4S. The van der Waals surface area contributed by atoms with Crippen LogP contribution in [0.15, 0.2) is 22.8 Å². The number of benzene rings is 1. The predicted octanol–water partition coefficient (Wildman–Crippen LogP) is 2.06. The molecule has 1 aromatic carbocycles. The highest BCUT2D eigenvalue weighted by Crippen LogP contribution is 2.23. The summed E-state index contributed by atoms with van der Waals surface area (Å²) in [7, 11) is -4.73. The summed E-state index contributed by atoms with van der Waals surface area (Å²) in [6.07, 6.45) is -4.95. The predicted molar refractivity (Wildman–Crippen MR) is 83.5 cm³/mol. The van der Waals surface area contributed by atoms with E-state index in [2.05, 4.69) is 14.9 Å². The van der Waals surface area contributed by atoms with Crippen molar-refractivity contribution in [3.8, 4) is 0 Å². The van der Waals surface area contributed by atoms with E-state index in [1.54, 1.807) is 4.72 Å². The second-order valence-corrected chi connectivity index (χ2v) is 7.23. The molecular weight excluding hydrogens is 422 g/mol. The molecule has 0 aliphatic carbocycles. The summed E-state index contributed by atoms with van der Waals surface area (Å²) in [5.74, 6) is -3.66. The van der Waals surface area contributed by atoms with Gasteiger partial charge >= 0.3 is 6.18 Å². The monoisotopic (exact) mass is 431 g/mol. The van der Waals surface area contributed by atoms with E-state index in [0.717, 1.165) is 18.2 Å². The summed E-state index contributed by atoms with van der Waals surface area (Å²) in [6, 6.07) is 2.99. The number of sulfonamides is 1. The molecule has 0 fully saturated rings. The zero-order valence-electron chi connectivity index (χ0n) is 13.0. The van der Waals surface area contributed by atoms with Crippen molar-refractivity contribution in [2.45, 2.75) is 12.7 Å². The number of amidine groups is 1. The van der Waals surface area contributed by atoms with Crippen LogP contribution in [0.3, 0.4) is 0 Å². The molecule has 0 amide bonds. The van der Waals surface area contributed by atoms with E-state index in [-0.39, 0.29) is 21.5 Å². The summed E-state index contributed by atoms with van der Waals surface area (Å²) in [4.78, 5) is 0. The Labute approximate surface area is 154 Å². The Bertz CT molecular complexity index is 950. The maximum atomic E-state index is 13.2. The van der Waals surface area contributed by atoms with Crippen molar-refractivity contribution in [2.75, 3.05) is 10.8 Å². The van der Waals surface area contributed by atoms with Crippen molar-refractivity contribution in [3.63, 3.8) is 0 Å². The first-order chi connectivity index (χ1) is 12.4. The summed E-state index contributed by atoms with van der Waals surface area (Å²) in [5.41, 5.74) is -0.969. The molecule has 1 heterocycles. The van der Waals surface area contributed by atoms with Gasteiger partial charge in [-0.3, -0.25) is 10.6 Å². The first kappa shape index (κ1) is 21.0. The molecule has 148 valence electrons. The minimum absolute atomic E-state index is 0.141. The van der Waals surface area contributed by atoms with Crippen LogP contribution >= 0.6 is 11.6 Å². The van der Waals surface area contributed by atoms with E-state index in [0.29, 0.717) is 0 Å². The molecule has 3 N–H and O–H groups in total. The van der Waals surface area contributed by atoms with Gasteiger partial charge in [-0.15, -0.1) is 0 Å². The van der Waals surface area contributed by atoms with Crippen LogP contribution in [0.1, 0.15) is 11.4 Å². The van der Waals surface area contributed by atoms with Crippen LogP contribution in [0.25, 0.3) is 0 Å². The van der Waals surface area contributed by atoms with Gasteiger partial charge in [0.15, 0.2) is 17.3 Å². The number of hydroxylamine groups is 1. The van der Waals surface area contributed by atoms with E-state index in [1.165, 1.54) is 0 Å². The first-order valence-corrected chi connectivity index (χ1v) is 8.81. The first-order valence-electron chi connectivity index (χ1n) is 6.78. The van der Waals surface area contributed by atoms with Crippen LogP contribution in [-0.4, -0.2) is 41.7 Å². The van der Waals surface area contributed by atoms with Crippen molar-refractivity contribution in [1.29, 1.82) is 5.41 Å². The van der Waals surface area contributed by atoms with Crippen LogP contribution in [0, 0.1) is 11.2 Å². The minimum Gasteiger partial charge on any atom is -0.282 e. The van der Waals surface area contributed by atoms with Gasteiger partial charge in [0.25, 0.3) is 0 Å². The molecule has 0 radical (unpaired) electrons. The highest BCUT2D eigenvalue weighted by molar-refractivity contribution is 7.89. The number of halogens is 5. The Morgan fingerprint density at radius 2 is 2.04 bits per heavy atom. The zero-order chi connectivity index (χ0) is 20.4. The zero-order valence-corrected chi connectivity index (χ0v) is 14.5. The molecule has 0 aliphatic heterocycles. The SMILES string of the molecule is N=C(c1nonc1CNS(=O)(=O)CC(F)(F)F)N(O)c1ccc(F)c(Cl)c1. The number of aromatic nitrogens is 2. The number of nitrogens with zero attached hydrogens (tertiary/aromatic N) is 3. The topological polar surface area (TPSA) is 132 Å². The number of alkyl halides is 3. The fourth-order valence-corrected chi connectivity index (χ4v) is 2.86. The van der Waals surface area contributed by atoms with Crippen LogP contribution in [0.2, 0.25) is 5.02 Å². The molecule has 0 saturated carbocycles. The molecule has 0 unspecified atom stereocenters. The maximum Gasteiger partial charge on any atom is 0.404 e. The second kappa shape index (κ2) is 7.75. The lowest BCUT2D eigenvalue weighted by atomic mass is 10.2. The molecule has 9 nitrogen and oxygen atoms in total. The Hall–Kier alpha value is -2.29. The molecule has 0 saturated heterocycles. The normalized spacial score (nSPS) is 12.2. The molecule has 2 aromatic rings. The quantitative estimate of drug-likeness (QED) is 0.276. The third-order valence-electron chi connectivity index (χ3n) is 2.95. The van der Waals surface area contributed by atoms with Crippen molar-refractivity contribution >= 4 is 33.1 Å². The summed E-state index contributed by atoms with van der Waals surface area (Å²) in [6.45, 7) is -0.780. The molecule has 0 bridgehead atoms. The van der Waals surface area contributed by atoms with Crippen molar-refractivity contribution in [2.24, 2.45) is 0 Å². The van der Waals surface area contributed by atoms with Gasteiger partial charge < -0.3 is 0 Å². The standard InChI is InChI=1S/C12H10ClF4N5O4S/c13-7-3-6(1-2-8(7)14)22(23)11(18)10-9(20-26-21-10)4-19-27(24,25)5-12(15,16)17/h1-3,18-19,23H,4-5H2. The lowest BCUT2D eigenvalue weighted by Crippen LogP contribution is -2.34. The van der Waals surface area contributed by atoms with Gasteiger partial charge in [0.05, 0.1) is 17.3 Å². The van der Waals surface area contributed by atoms with Gasteiger partial charge in [-0.05, 0) is 23.4 Å². The molecule has 15 heteroatoms. The third kappa shape index (κ3) is 5.59. The van der Waals surface area contributed by atoms with Crippen molar-refractivity contribution in [3.05, 3.63) is 40.4 Å². The smallest absolute Gasteiger partial charge is 0.282 e. The van der Waals surface area contributed by atoms with Gasteiger partial charge in [-0.25, -0.2) is 27.2 Å². The van der Waals surface area contributed by atoms with Crippen LogP contribution < -0.4 is 9.79 Å². The van der Waals surface area contributed by atoms with E-state index >= 15 is 0 Å². The Balaban J connectivity index is 2.15. The molecule has 2 rings (SSSR count). The van der Waals surface area contributed by atoms with Gasteiger partial charge in [-0.2, -0.15) is 13.2 Å². The summed E-state index contributed by atoms with van der Waals surface area (Å²) in [5, 5.41) is 24.3. The molecule has 1 aromatic heterocycles. The van der Waals surface area contributed by atoms with Crippen LogP contribution in [-0.2, 0) is 16.6 Å². The van der Waals surface area contributed by atoms with Gasteiger partial charge in [0.2, 0.25) is 10.0 Å². The van der Waals surface area contributed by atoms with E-state index < -0.39 is 45.8 Å². The molecule has 0 spiro atoms. The second-order valence-electron chi connectivity index (χ2n) is 5.01. The lowest BCUT2D eigenvalue weighted by Gasteiger charge is -2.16. The largest absolute Gasteiger partial charge is 0.404 e. The summed E-state index contributed by atoms with van der Waals surface area (Å²) >= 11 is 5.57. The Morgan fingerprint density at radius 3 is 2.63 bits per heavy atom. The maximum absolute atomic E-state index is 13.2. The minimum atomic E-state index is -4.95. The van der Waals surface area contributed by atoms with Crippen LogP contribution in [0.5, 0.6) is 0 Å². The average molecular weight is 432 g/mol. The fourth-order valence-electron chi connectivity index (χ4n) is 1.79. The van der Waals surface area contributed by atoms with Gasteiger partial charge in [0, 0.05) is 0 Å². The highest BCUT2D eigenvalue weighted by atomic mass is 35.5. The molecule has 0 atom stereocenters. The Morgan fingerprint density at radius 1 is 1.37 bits per heavy atom. The Kier molecular flexibility index (Phi) is 6.04. The number of hydrogen-bond acceptors (Lipinski definition) is 7. The van der Waals surface area contributed by atoms with Gasteiger partial charge in [0.1, 0.15) is 11.5 Å². The van der Waals surface area contributed by atoms with E-state index in [1.807, 2.05) is 0 Å². The highest BCUT2D eigenvalue weighted by Gasteiger charge is 2.35. The number of nitrogens with one attached hydrogen (secondary N) is 2. The lowest BCUT2D eigenvalue weighted by molar-refractivity contribution is -0.106. The molecule has 0 aliphatic rings.